The Bertz CT molecular complexity index is 6.00. The summed E-state index contributed by atoms with van der Waals surface area (Å²) in [5.74, 6) is 0. The van der Waals surface area contributed by atoms with Crippen molar-refractivity contribution < 1.29 is 30.2 Å². The summed E-state index contributed by atoms with van der Waals surface area (Å²) in [5, 5.41) is 0. The van der Waals surface area contributed by atoms with Gasteiger partial charge in [-0.25, -0.2) is 0 Å². The average molecular weight is 189 g/mol. The minimum Gasteiger partial charge on any atom is 0 e. The molecule has 0 atom stereocenters. The van der Waals surface area contributed by atoms with E-state index in [1.165, 1.54) is 0 Å². The molecule has 0 nitrogen and oxygen atoms in total. The van der Waals surface area contributed by atoms with Crippen LogP contribution in [-0.2, 0) is 30.2 Å². The van der Waals surface area contributed by atoms with Crippen LogP contribution in [0.1, 0.15) is 0 Å². The third-order valence-electron chi connectivity index (χ3n) is 0. The van der Waals surface area contributed by atoms with Crippen molar-refractivity contribution in [2.24, 2.45) is 0 Å². The van der Waals surface area contributed by atoms with Gasteiger partial charge in [-0.15, -0.1) is 0 Å². The maximum Gasteiger partial charge on any atom is 0 e. The molecule has 4 heteroatoms. The zero-order chi connectivity index (χ0) is 2.71. The normalized spacial score (nSPS) is 5.50. The van der Waals surface area contributed by atoms with E-state index in [2.05, 4.69) is 20.2 Å². The second kappa shape index (κ2) is 8.82. The number of hydrogen-bond acceptors (Lipinski definition) is 0. The molecule has 0 aromatic rings. The first-order valence-corrected chi connectivity index (χ1v) is 2.82. The maximum absolute atomic E-state index is 4.67. The van der Waals surface area contributed by atoms with Crippen LogP contribution in [0.2, 0.25) is 0 Å². The summed E-state index contributed by atoms with van der Waals surface area (Å²) in [7, 11) is 9.34. The first-order valence-electron chi connectivity index (χ1n) is 0.228. The predicted molar refractivity (Wildman–Crippen MR) is 11.7 cm³/mol. The van der Waals surface area contributed by atoms with Crippen molar-refractivity contribution >= 4 is 20.2 Å². The molecule has 32 valence electrons. The van der Waals surface area contributed by atoms with Gasteiger partial charge in [0.1, 0.15) is 0 Å². The molecule has 4 heavy (non-hydrogen) atoms. The Kier molecular flexibility index (Phi) is 20.2. The fourth-order valence-electron chi connectivity index (χ4n) is 0. The van der Waals surface area contributed by atoms with Gasteiger partial charge in [0.2, 0.25) is 0 Å². The molecule has 0 saturated heterocycles. The minimum absolute atomic E-state index is 0. The van der Waals surface area contributed by atoms with Gasteiger partial charge in [-0.2, -0.15) is 0 Å². The van der Waals surface area contributed by atoms with Gasteiger partial charge in [0.25, 0.3) is 0 Å². The summed E-state index contributed by atoms with van der Waals surface area (Å²) in [6, 6.07) is 0. The molecule has 0 aliphatic heterocycles. The molecule has 0 aliphatic rings. The molecule has 0 amide bonds. The van der Waals surface area contributed by atoms with Crippen molar-refractivity contribution in [1.29, 1.82) is 0 Å². The Hall–Kier alpha value is 1.62. The minimum atomic E-state index is 0. The molecule has 0 spiro atoms. The van der Waals surface area contributed by atoms with Gasteiger partial charge in [0.15, 0.2) is 0 Å². The van der Waals surface area contributed by atoms with E-state index < -0.39 is 0 Å². The SMILES string of the molecule is [Cl][Cu][Cl].[Mn]. The smallest absolute Gasteiger partial charge is 0 e. The van der Waals surface area contributed by atoms with Gasteiger partial charge in [0, 0.05) is 17.1 Å². The van der Waals surface area contributed by atoms with Crippen LogP contribution in [-0.4, -0.2) is 0 Å². The Morgan fingerprint density at radius 1 is 1.25 bits per heavy atom. The monoisotopic (exact) mass is 188 g/mol. The van der Waals surface area contributed by atoms with E-state index in [4.69, 9.17) is 0 Å². The Morgan fingerprint density at radius 2 is 1.25 bits per heavy atom. The van der Waals surface area contributed by atoms with Gasteiger partial charge in [0.05, 0.1) is 0 Å². The standard InChI is InChI=1S/2ClH.Cu.Mn/h2*1H;;/q;;+2;/p-2. The third kappa shape index (κ3) is 9.47. The predicted octanol–water partition coefficient (Wildman–Crippen LogP) is 1.37. The quantitative estimate of drug-likeness (QED) is 0.505. The number of halogens is 2. The summed E-state index contributed by atoms with van der Waals surface area (Å²) in [6.45, 7) is 0. The van der Waals surface area contributed by atoms with E-state index in [1.807, 2.05) is 0 Å². The van der Waals surface area contributed by atoms with E-state index in [9.17, 15) is 0 Å². The van der Waals surface area contributed by atoms with Crippen LogP contribution in [0.5, 0.6) is 0 Å². The van der Waals surface area contributed by atoms with Crippen LogP contribution in [0, 0.1) is 0 Å². The molecule has 0 fully saturated rings. The molecule has 0 aromatic carbocycles. The number of hydrogen-bond donors (Lipinski definition) is 0. The third-order valence-corrected chi connectivity index (χ3v) is 0. The summed E-state index contributed by atoms with van der Waals surface area (Å²) >= 11 is 0.757. The van der Waals surface area contributed by atoms with Gasteiger partial charge in [-0.05, 0) is 0 Å². The van der Waals surface area contributed by atoms with Crippen LogP contribution in [0.25, 0.3) is 0 Å². The van der Waals surface area contributed by atoms with Crippen LogP contribution in [0.4, 0.5) is 0 Å². The van der Waals surface area contributed by atoms with Crippen molar-refractivity contribution in [3.05, 3.63) is 0 Å². The van der Waals surface area contributed by atoms with Crippen LogP contribution < -0.4 is 0 Å². The molecule has 0 heterocycles. The molecular formula is Cl2CuMn. The van der Waals surface area contributed by atoms with Crippen LogP contribution >= 0.6 is 20.2 Å². The fourth-order valence-corrected chi connectivity index (χ4v) is 0. The molecular weight excluding hydrogens is 189 g/mol. The molecule has 0 N–H and O–H groups in total. The molecule has 0 aliphatic carbocycles. The van der Waals surface area contributed by atoms with Crippen molar-refractivity contribution in [3.8, 4) is 0 Å². The molecule has 0 saturated carbocycles. The first kappa shape index (κ1) is 9.15. The largest absolute Gasteiger partial charge is 0 e. The van der Waals surface area contributed by atoms with E-state index in [-0.39, 0.29) is 17.1 Å². The van der Waals surface area contributed by atoms with Gasteiger partial charge < -0.3 is 0 Å². The molecule has 1 radical (unpaired) electrons. The van der Waals surface area contributed by atoms with Crippen molar-refractivity contribution in [1.82, 2.24) is 0 Å². The second-order valence-corrected chi connectivity index (χ2v) is 1.60. The topological polar surface area (TPSA) is 0 Å². The van der Waals surface area contributed by atoms with Gasteiger partial charge in [-0.3, -0.25) is 0 Å². The zero-order valence-corrected chi connectivity index (χ0v) is 5.07. The summed E-state index contributed by atoms with van der Waals surface area (Å²) in [6.07, 6.45) is 0. The maximum atomic E-state index is 4.67. The first-order chi connectivity index (χ1) is 1.41. The van der Waals surface area contributed by atoms with Crippen molar-refractivity contribution in [2.75, 3.05) is 0 Å². The van der Waals surface area contributed by atoms with E-state index in [0.717, 1.165) is 13.1 Å². The second-order valence-electron chi connectivity index (χ2n) is 0.0431. The summed E-state index contributed by atoms with van der Waals surface area (Å²) < 4.78 is 0. The zero-order valence-electron chi connectivity index (χ0n) is 1.44. The van der Waals surface area contributed by atoms with Gasteiger partial charge in [-0.1, -0.05) is 0 Å². The van der Waals surface area contributed by atoms with Crippen LogP contribution in [0.3, 0.4) is 0 Å². The van der Waals surface area contributed by atoms with E-state index in [0.29, 0.717) is 0 Å². The fraction of sp³-hybridized carbons (Fsp3) is 0. The average Bonchev–Trinajstić information content (AvgIpc) is 0.918. The number of rotatable bonds is 0. The Balaban J connectivity index is 0. The summed E-state index contributed by atoms with van der Waals surface area (Å²) in [5.41, 5.74) is 0. The van der Waals surface area contributed by atoms with Gasteiger partial charge >= 0.3 is 33.3 Å². The van der Waals surface area contributed by atoms with Crippen molar-refractivity contribution in [2.45, 2.75) is 0 Å². The Labute approximate surface area is 50.3 Å². The molecule has 0 aromatic heterocycles. The van der Waals surface area contributed by atoms with E-state index in [1.54, 1.807) is 0 Å². The van der Waals surface area contributed by atoms with Crippen molar-refractivity contribution in [3.63, 3.8) is 0 Å². The molecule has 0 unspecified atom stereocenters. The molecule has 0 bridgehead atoms. The Morgan fingerprint density at radius 3 is 1.25 bits per heavy atom. The van der Waals surface area contributed by atoms with E-state index >= 15 is 0 Å². The molecule has 0 rings (SSSR count). The van der Waals surface area contributed by atoms with Crippen LogP contribution in [0.15, 0.2) is 0 Å². The summed E-state index contributed by atoms with van der Waals surface area (Å²) in [4.78, 5) is 0.